The van der Waals surface area contributed by atoms with Gasteiger partial charge in [0.25, 0.3) is 0 Å². The fourth-order valence-corrected chi connectivity index (χ4v) is 2.66. The predicted molar refractivity (Wildman–Crippen MR) is 84.6 cm³/mol. The SMILES string of the molecule is CCc1ccccc1NC(=O)CN(C)c1ncc(C)s1. The van der Waals surface area contributed by atoms with Gasteiger partial charge < -0.3 is 10.2 Å². The van der Waals surface area contributed by atoms with Crippen LogP contribution in [0.4, 0.5) is 10.8 Å². The number of nitrogens with zero attached hydrogens (tertiary/aromatic N) is 2. The molecule has 0 aliphatic rings. The van der Waals surface area contributed by atoms with Crippen LogP contribution in [0.25, 0.3) is 0 Å². The molecule has 4 nitrogen and oxygen atoms in total. The molecule has 106 valence electrons. The third kappa shape index (κ3) is 3.57. The van der Waals surface area contributed by atoms with Crippen LogP contribution in [-0.4, -0.2) is 24.5 Å². The Balaban J connectivity index is 1.98. The van der Waals surface area contributed by atoms with Crippen molar-refractivity contribution in [2.75, 3.05) is 23.8 Å². The van der Waals surface area contributed by atoms with Crippen molar-refractivity contribution in [2.24, 2.45) is 0 Å². The zero-order valence-corrected chi connectivity index (χ0v) is 12.8. The second kappa shape index (κ2) is 6.52. The van der Waals surface area contributed by atoms with Gasteiger partial charge in [0.15, 0.2) is 5.13 Å². The molecule has 0 saturated heterocycles. The van der Waals surface area contributed by atoms with Gasteiger partial charge in [0.1, 0.15) is 0 Å². The molecule has 2 aromatic rings. The summed E-state index contributed by atoms with van der Waals surface area (Å²) >= 11 is 1.59. The largest absolute Gasteiger partial charge is 0.342 e. The molecule has 0 bridgehead atoms. The maximum Gasteiger partial charge on any atom is 0.243 e. The first-order valence-electron chi connectivity index (χ1n) is 6.61. The van der Waals surface area contributed by atoms with Crippen LogP contribution in [0.1, 0.15) is 17.4 Å². The van der Waals surface area contributed by atoms with E-state index in [0.29, 0.717) is 6.54 Å². The van der Waals surface area contributed by atoms with Crippen molar-refractivity contribution in [3.8, 4) is 0 Å². The van der Waals surface area contributed by atoms with Gasteiger partial charge >= 0.3 is 0 Å². The molecule has 0 aliphatic heterocycles. The summed E-state index contributed by atoms with van der Waals surface area (Å²) in [6, 6.07) is 7.88. The average molecular weight is 289 g/mol. The lowest BCUT2D eigenvalue weighted by Crippen LogP contribution is -2.30. The monoisotopic (exact) mass is 289 g/mol. The van der Waals surface area contributed by atoms with Gasteiger partial charge in [-0.1, -0.05) is 25.1 Å². The van der Waals surface area contributed by atoms with Gasteiger partial charge in [0.2, 0.25) is 5.91 Å². The summed E-state index contributed by atoms with van der Waals surface area (Å²) in [6.45, 7) is 4.38. The molecule has 1 heterocycles. The Morgan fingerprint density at radius 2 is 2.15 bits per heavy atom. The molecule has 1 N–H and O–H groups in total. The van der Waals surface area contributed by atoms with Crippen LogP contribution < -0.4 is 10.2 Å². The van der Waals surface area contributed by atoms with Crippen LogP contribution in [0.3, 0.4) is 0 Å². The summed E-state index contributed by atoms with van der Waals surface area (Å²) in [4.78, 5) is 19.4. The molecule has 5 heteroatoms. The molecule has 2 rings (SSSR count). The van der Waals surface area contributed by atoms with Crippen molar-refractivity contribution in [3.05, 3.63) is 40.9 Å². The summed E-state index contributed by atoms with van der Waals surface area (Å²) < 4.78 is 0. The molecule has 0 spiro atoms. The lowest BCUT2D eigenvalue weighted by Gasteiger charge is -2.16. The molecule has 20 heavy (non-hydrogen) atoms. The van der Waals surface area contributed by atoms with Gasteiger partial charge in [0.05, 0.1) is 6.54 Å². The number of thiazole rings is 1. The number of rotatable bonds is 5. The molecule has 0 aliphatic carbocycles. The van der Waals surface area contributed by atoms with Crippen LogP contribution in [0, 0.1) is 6.92 Å². The molecule has 1 amide bonds. The lowest BCUT2D eigenvalue weighted by atomic mass is 10.1. The Morgan fingerprint density at radius 3 is 2.80 bits per heavy atom. The van der Waals surface area contributed by atoms with Gasteiger partial charge in [-0.25, -0.2) is 4.98 Å². The number of nitrogens with one attached hydrogen (secondary N) is 1. The van der Waals surface area contributed by atoms with E-state index in [-0.39, 0.29) is 5.91 Å². The molecule has 0 saturated carbocycles. The fraction of sp³-hybridized carbons (Fsp3) is 0.333. The number of likely N-dealkylation sites (N-methyl/N-ethyl adjacent to an activating group) is 1. The second-order valence-corrected chi connectivity index (χ2v) is 5.88. The van der Waals surface area contributed by atoms with E-state index in [0.717, 1.165) is 27.7 Å². The Labute approximate surface area is 123 Å². The normalized spacial score (nSPS) is 10.3. The van der Waals surface area contributed by atoms with Crippen LogP contribution in [-0.2, 0) is 11.2 Å². The highest BCUT2D eigenvalue weighted by Gasteiger charge is 2.11. The number of anilines is 2. The van der Waals surface area contributed by atoms with Crippen molar-refractivity contribution >= 4 is 28.1 Å². The van der Waals surface area contributed by atoms with Crippen LogP contribution in [0.2, 0.25) is 0 Å². The minimum atomic E-state index is -0.0266. The highest BCUT2D eigenvalue weighted by molar-refractivity contribution is 7.15. The number of carbonyl (C=O) groups excluding carboxylic acids is 1. The van der Waals surface area contributed by atoms with Crippen molar-refractivity contribution in [1.82, 2.24) is 4.98 Å². The molecule has 0 unspecified atom stereocenters. The summed E-state index contributed by atoms with van der Waals surface area (Å²) in [5.41, 5.74) is 2.04. The first-order chi connectivity index (χ1) is 9.60. The molecule has 0 fully saturated rings. The zero-order chi connectivity index (χ0) is 14.5. The van der Waals surface area contributed by atoms with Crippen LogP contribution in [0.15, 0.2) is 30.5 Å². The molecule has 0 atom stereocenters. The van der Waals surface area contributed by atoms with Gasteiger partial charge in [-0.05, 0) is 25.0 Å². The minimum absolute atomic E-state index is 0.0266. The van der Waals surface area contributed by atoms with Gasteiger partial charge in [0, 0.05) is 23.8 Å². The first-order valence-corrected chi connectivity index (χ1v) is 7.43. The van der Waals surface area contributed by atoms with Gasteiger partial charge in [-0.15, -0.1) is 11.3 Å². The average Bonchev–Trinajstić information content (AvgIpc) is 2.86. The number of benzene rings is 1. The number of hydrogen-bond donors (Lipinski definition) is 1. The Morgan fingerprint density at radius 1 is 1.40 bits per heavy atom. The van der Waals surface area contributed by atoms with E-state index in [1.807, 2.05) is 49.3 Å². The van der Waals surface area contributed by atoms with E-state index in [2.05, 4.69) is 17.2 Å². The third-order valence-electron chi connectivity index (χ3n) is 2.99. The maximum absolute atomic E-state index is 12.1. The predicted octanol–water partition coefficient (Wildman–Crippen LogP) is 3.09. The summed E-state index contributed by atoms with van der Waals surface area (Å²) in [7, 11) is 1.88. The van der Waals surface area contributed by atoms with E-state index >= 15 is 0 Å². The minimum Gasteiger partial charge on any atom is -0.342 e. The smallest absolute Gasteiger partial charge is 0.243 e. The molecular weight excluding hydrogens is 270 g/mol. The number of para-hydroxylation sites is 1. The number of amides is 1. The van der Waals surface area contributed by atoms with E-state index in [9.17, 15) is 4.79 Å². The molecule has 0 radical (unpaired) electrons. The Bertz CT molecular complexity index is 594. The topological polar surface area (TPSA) is 45.2 Å². The number of aromatic nitrogens is 1. The summed E-state index contributed by atoms with van der Waals surface area (Å²) in [5, 5.41) is 3.83. The van der Waals surface area contributed by atoms with Crippen molar-refractivity contribution in [1.29, 1.82) is 0 Å². The summed E-state index contributed by atoms with van der Waals surface area (Å²) in [5.74, 6) is -0.0266. The highest BCUT2D eigenvalue weighted by atomic mass is 32.1. The van der Waals surface area contributed by atoms with Crippen LogP contribution >= 0.6 is 11.3 Å². The standard InChI is InChI=1S/C15H19N3OS/c1-4-12-7-5-6-8-13(12)17-14(19)10-18(3)15-16-9-11(2)20-15/h5-9H,4,10H2,1-3H3,(H,17,19). The Kier molecular flexibility index (Phi) is 4.74. The van der Waals surface area contributed by atoms with Gasteiger partial charge in [-0.3, -0.25) is 4.79 Å². The van der Waals surface area contributed by atoms with E-state index in [1.54, 1.807) is 11.3 Å². The second-order valence-electron chi connectivity index (χ2n) is 4.67. The van der Waals surface area contributed by atoms with Gasteiger partial charge in [-0.2, -0.15) is 0 Å². The van der Waals surface area contributed by atoms with E-state index < -0.39 is 0 Å². The van der Waals surface area contributed by atoms with E-state index in [1.165, 1.54) is 0 Å². The first kappa shape index (κ1) is 14.5. The van der Waals surface area contributed by atoms with Crippen molar-refractivity contribution in [2.45, 2.75) is 20.3 Å². The summed E-state index contributed by atoms with van der Waals surface area (Å²) in [6.07, 6.45) is 2.72. The molecule has 1 aromatic heterocycles. The lowest BCUT2D eigenvalue weighted by molar-refractivity contribution is -0.114. The Hall–Kier alpha value is -1.88. The number of hydrogen-bond acceptors (Lipinski definition) is 4. The number of carbonyl (C=O) groups is 1. The molecular formula is C15H19N3OS. The maximum atomic E-state index is 12.1. The number of aryl methyl sites for hydroxylation is 2. The van der Waals surface area contributed by atoms with Crippen LogP contribution in [0.5, 0.6) is 0 Å². The van der Waals surface area contributed by atoms with E-state index in [4.69, 9.17) is 0 Å². The van der Waals surface area contributed by atoms with Crippen molar-refractivity contribution < 1.29 is 4.79 Å². The zero-order valence-electron chi connectivity index (χ0n) is 12.0. The quantitative estimate of drug-likeness (QED) is 0.920. The third-order valence-corrected chi connectivity index (χ3v) is 4.02. The van der Waals surface area contributed by atoms with Crippen molar-refractivity contribution in [3.63, 3.8) is 0 Å². The fourth-order valence-electron chi connectivity index (χ4n) is 1.94. The molecule has 1 aromatic carbocycles. The highest BCUT2D eigenvalue weighted by Crippen LogP contribution is 2.20.